The summed E-state index contributed by atoms with van der Waals surface area (Å²) in [4.78, 5) is 0. The van der Waals surface area contributed by atoms with Crippen LogP contribution < -0.4 is 0 Å². The van der Waals surface area contributed by atoms with Crippen LogP contribution in [-0.4, -0.2) is 0 Å². The predicted molar refractivity (Wildman–Crippen MR) is 210 cm³/mol. The summed E-state index contributed by atoms with van der Waals surface area (Å²) < 4.78 is 6.23. The Morgan fingerprint density at radius 1 is 0.265 bits per heavy atom. The summed E-state index contributed by atoms with van der Waals surface area (Å²) in [5.74, 6) is 0. The Balaban J connectivity index is 1.31. The molecule has 0 spiro atoms. The first-order chi connectivity index (χ1) is 24.3. The van der Waals surface area contributed by atoms with Crippen molar-refractivity contribution in [3.63, 3.8) is 0 Å². The molecule has 0 aliphatic carbocycles. The first kappa shape index (κ1) is 26.6. The van der Waals surface area contributed by atoms with Crippen molar-refractivity contribution in [3.8, 4) is 22.3 Å². The van der Waals surface area contributed by atoms with Gasteiger partial charge in [0.15, 0.2) is 0 Å². The molecule has 49 heavy (non-hydrogen) atoms. The van der Waals surface area contributed by atoms with Gasteiger partial charge in [-0.1, -0.05) is 146 Å². The Kier molecular flexibility index (Phi) is 5.45. The van der Waals surface area contributed by atoms with Gasteiger partial charge in [0.1, 0.15) is 11.2 Å². The predicted octanol–water partition coefficient (Wildman–Crippen LogP) is 13.8. The number of rotatable bonds is 2. The lowest BCUT2D eigenvalue weighted by atomic mass is 9.82. The van der Waals surface area contributed by atoms with Gasteiger partial charge in [0.25, 0.3) is 0 Å². The molecular formula is C48H28O. The molecular weight excluding hydrogens is 593 g/mol. The third-order valence-corrected chi connectivity index (χ3v) is 10.6. The summed E-state index contributed by atoms with van der Waals surface area (Å²) in [6, 6.07) is 62.2. The third-order valence-electron chi connectivity index (χ3n) is 10.6. The van der Waals surface area contributed by atoms with Crippen LogP contribution in [0, 0.1) is 0 Å². The molecule has 0 aliphatic rings. The van der Waals surface area contributed by atoms with E-state index in [0.29, 0.717) is 0 Å². The van der Waals surface area contributed by atoms with Crippen molar-refractivity contribution < 1.29 is 4.42 Å². The van der Waals surface area contributed by atoms with Crippen molar-refractivity contribution in [2.75, 3.05) is 0 Å². The van der Waals surface area contributed by atoms with Gasteiger partial charge in [-0.15, -0.1) is 0 Å². The molecule has 0 atom stereocenters. The van der Waals surface area contributed by atoms with Gasteiger partial charge in [0.2, 0.25) is 0 Å². The van der Waals surface area contributed by atoms with Crippen LogP contribution in [0.4, 0.5) is 0 Å². The second-order valence-corrected chi connectivity index (χ2v) is 13.1. The molecule has 0 bridgehead atoms. The Morgan fingerprint density at radius 3 is 1.33 bits per heavy atom. The SMILES string of the molecule is c1ccc2c(c1)oc1ccc(-c3c4ccccc4c(-c4cc5c6ccccc6c6ccccc6c5c5ccccc45)c4ccccc34)cc12. The second kappa shape index (κ2) is 10.0. The van der Waals surface area contributed by atoms with Crippen molar-refractivity contribution in [1.29, 1.82) is 0 Å². The zero-order valence-corrected chi connectivity index (χ0v) is 26.6. The van der Waals surface area contributed by atoms with Crippen LogP contribution in [-0.2, 0) is 0 Å². The molecule has 0 saturated heterocycles. The van der Waals surface area contributed by atoms with E-state index < -0.39 is 0 Å². The van der Waals surface area contributed by atoms with E-state index in [0.717, 1.165) is 21.9 Å². The highest BCUT2D eigenvalue weighted by molar-refractivity contribution is 6.34. The van der Waals surface area contributed by atoms with Crippen LogP contribution in [0.1, 0.15) is 0 Å². The number of hydrogen-bond donors (Lipinski definition) is 0. The smallest absolute Gasteiger partial charge is 0.135 e. The topological polar surface area (TPSA) is 13.1 Å². The van der Waals surface area contributed by atoms with E-state index in [1.165, 1.54) is 86.9 Å². The first-order valence-corrected chi connectivity index (χ1v) is 16.9. The molecule has 0 saturated carbocycles. The van der Waals surface area contributed by atoms with Crippen molar-refractivity contribution in [2.45, 2.75) is 0 Å². The van der Waals surface area contributed by atoms with Gasteiger partial charge in [0.05, 0.1) is 0 Å². The fraction of sp³-hybridized carbons (Fsp3) is 0. The molecule has 10 aromatic carbocycles. The molecule has 0 N–H and O–H groups in total. The minimum Gasteiger partial charge on any atom is -0.456 e. The zero-order valence-electron chi connectivity index (χ0n) is 26.6. The fourth-order valence-corrected chi connectivity index (χ4v) is 8.58. The van der Waals surface area contributed by atoms with E-state index in [-0.39, 0.29) is 0 Å². The van der Waals surface area contributed by atoms with Gasteiger partial charge in [0, 0.05) is 10.8 Å². The lowest BCUT2D eigenvalue weighted by Crippen LogP contribution is -1.93. The van der Waals surface area contributed by atoms with E-state index in [1.54, 1.807) is 0 Å². The van der Waals surface area contributed by atoms with E-state index in [9.17, 15) is 0 Å². The standard InChI is InChI=1S/C48H28O/c1-2-15-32-30(13-1)31-14-3-5-18-35(31)47-36-19-6-4-16-33(36)43(28-42(32)47)48-39-22-9-7-20-37(39)46(38-21-8-10-23-40(38)48)29-25-26-45-41(27-29)34-17-11-12-24-44(34)49-45/h1-28H. The molecule has 11 aromatic rings. The highest BCUT2D eigenvalue weighted by Crippen LogP contribution is 2.49. The average Bonchev–Trinajstić information content (AvgIpc) is 3.54. The lowest BCUT2D eigenvalue weighted by Gasteiger charge is -2.20. The number of furan rings is 1. The summed E-state index contributed by atoms with van der Waals surface area (Å²) in [5, 5.41) is 17.6. The molecule has 1 heterocycles. The maximum atomic E-state index is 6.23. The fourth-order valence-electron chi connectivity index (χ4n) is 8.58. The van der Waals surface area contributed by atoms with Crippen molar-refractivity contribution in [2.24, 2.45) is 0 Å². The Morgan fingerprint density at radius 2 is 0.694 bits per heavy atom. The Hall–Kier alpha value is -6.44. The molecule has 0 fully saturated rings. The summed E-state index contributed by atoms with van der Waals surface area (Å²) in [6.07, 6.45) is 0. The molecule has 1 aromatic heterocycles. The van der Waals surface area contributed by atoms with Gasteiger partial charge < -0.3 is 4.42 Å². The lowest BCUT2D eigenvalue weighted by molar-refractivity contribution is 0.669. The molecule has 226 valence electrons. The van der Waals surface area contributed by atoms with Gasteiger partial charge in [-0.2, -0.15) is 0 Å². The molecule has 0 unspecified atom stereocenters. The Labute approximate surface area is 282 Å². The zero-order chi connectivity index (χ0) is 32.1. The summed E-state index contributed by atoms with van der Waals surface area (Å²) in [7, 11) is 0. The largest absolute Gasteiger partial charge is 0.456 e. The van der Waals surface area contributed by atoms with Crippen LogP contribution in [0.2, 0.25) is 0 Å². The molecule has 0 aliphatic heterocycles. The normalized spacial score (nSPS) is 12.1. The van der Waals surface area contributed by atoms with Crippen molar-refractivity contribution >= 4 is 86.6 Å². The van der Waals surface area contributed by atoms with E-state index >= 15 is 0 Å². The quantitative estimate of drug-likeness (QED) is 0.138. The van der Waals surface area contributed by atoms with Gasteiger partial charge in [-0.25, -0.2) is 0 Å². The first-order valence-electron chi connectivity index (χ1n) is 16.9. The van der Waals surface area contributed by atoms with Crippen LogP contribution in [0.15, 0.2) is 174 Å². The van der Waals surface area contributed by atoms with Gasteiger partial charge in [-0.05, 0) is 111 Å². The number of benzene rings is 10. The molecule has 1 nitrogen and oxygen atoms in total. The minimum absolute atomic E-state index is 0.914. The van der Waals surface area contributed by atoms with Crippen LogP contribution in [0.5, 0.6) is 0 Å². The van der Waals surface area contributed by atoms with Gasteiger partial charge >= 0.3 is 0 Å². The summed E-state index contributed by atoms with van der Waals surface area (Å²) >= 11 is 0. The van der Waals surface area contributed by atoms with Crippen molar-refractivity contribution in [1.82, 2.24) is 0 Å². The van der Waals surface area contributed by atoms with Crippen molar-refractivity contribution in [3.05, 3.63) is 170 Å². The van der Waals surface area contributed by atoms with Crippen LogP contribution in [0.3, 0.4) is 0 Å². The number of fused-ring (bicyclic) bond motifs is 13. The van der Waals surface area contributed by atoms with Crippen LogP contribution >= 0.6 is 0 Å². The second-order valence-electron chi connectivity index (χ2n) is 13.1. The van der Waals surface area contributed by atoms with E-state index in [1.807, 2.05) is 6.07 Å². The third kappa shape index (κ3) is 3.70. The molecule has 1 heteroatoms. The maximum Gasteiger partial charge on any atom is 0.135 e. The molecule has 0 amide bonds. The summed E-state index contributed by atoms with van der Waals surface area (Å²) in [6.45, 7) is 0. The highest BCUT2D eigenvalue weighted by atomic mass is 16.3. The monoisotopic (exact) mass is 620 g/mol. The highest BCUT2D eigenvalue weighted by Gasteiger charge is 2.21. The Bertz CT molecular complexity index is 3100. The van der Waals surface area contributed by atoms with E-state index in [4.69, 9.17) is 4.42 Å². The molecule has 11 rings (SSSR count). The maximum absolute atomic E-state index is 6.23. The number of para-hydroxylation sites is 1. The number of hydrogen-bond acceptors (Lipinski definition) is 1. The van der Waals surface area contributed by atoms with E-state index in [2.05, 4.69) is 164 Å². The summed E-state index contributed by atoms with van der Waals surface area (Å²) in [5.41, 5.74) is 6.82. The minimum atomic E-state index is 0.914. The van der Waals surface area contributed by atoms with Crippen LogP contribution in [0.25, 0.3) is 109 Å². The molecule has 0 radical (unpaired) electrons. The van der Waals surface area contributed by atoms with Gasteiger partial charge in [-0.3, -0.25) is 0 Å². The average molecular weight is 621 g/mol.